The molecular formula is C15H17FN6O2. The Balaban J connectivity index is 1.41. The molecule has 4 heterocycles. The van der Waals surface area contributed by atoms with E-state index in [1.54, 1.807) is 29.1 Å². The highest BCUT2D eigenvalue weighted by Crippen LogP contribution is 2.25. The first-order valence-electron chi connectivity index (χ1n) is 7.88. The van der Waals surface area contributed by atoms with Crippen LogP contribution < -0.4 is 15.0 Å². The predicted molar refractivity (Wildman–Crippen MR) is 82.7 cm³/mol. The molecule has 0 unspecified atom stereocenters. The van der Waals surface area contributed by atoms with Crippen LogP contribution >= 0.6 is 0 Å². The molecule has 1 saturated heterocycles. The Morgan fingerprint density at radius 1 is 1.50 bits per heavy atom. The number of anilines is 1. The van der Waals surface area contributed by atoms with E-state index in [2.05, 4.69) is 20.6 Å². The van der Waals surface area contributed by atoms with Gasteiger partial charge in [-0.25, -0.2) is 9.07 Å². The molecule has 1 N–H and O–H groups in total. The second-order valence-corrected chi connectivity index (χ2v) is 5.87. The number of rotatable bonds is 4. The molecule has 0 spiro atoms. The average Bonchev–Trinajstić information content (AvgIpc) is 3.27. The fourth-order valence-corrected chi connectivity index (χ4v) is 3.10. The second kappa shape index (κ2) is 6.06. The van der Waals surface area contributed by atoms with Gasteiger partial charge in [0.05, 0.1) is 19.1 Å². The number of nitrogens with zero attached hydrogens (tertiary/aromatic N) is 5. The fourth-order valence-electron chi connectivity index (χ4n) is 3.10. The summed E-state index contributed by atoms with van der Waals surface area (Å²) in [6.45, 7) is 1.80. The number of hydrogen-bond acceptors (Lipinski definition) is 6. The van der Waals surface area contributed by atoms with Gasteiger partial charge in [-0.3, -0.25) is 4.79 Å². The molecule has 0 bridgehead atoms. The lowest BCUT2D eigenvalue weighted by atomic mass is 10.2. The highest BCUT2D eigenvalue weighted by molar-refractivity contribution is 5.92. The Kier molecular flexibility index (Phi) is 3.75. The van der Waals surface area contributed by atoms with Crippen molar-refractivity contribution in [3.63, 3.8) is 0 Å². The molecule has 2 aromatic heterocycles. The molecule has 0 aromatic carbocycles. The van der Waals surface area contributed by atoms with Gasteiger partial charge in [0, 0.05) is 25.2 Å². The lowest BCUT2D eigenvalue weighted by Gasteiger charge is -2.24. The van der Waals surface area contributed by atoms with Gasteiger partial charge in [-0.15, -0.1) is 5.10 Å². The van der Waals surface area contributed by atoms with Gasteiger partial charge in [-0.2, -0.15) is 10.2 Å². The van der Waals surface area contributed by atoms with Crippen LogP contribution in [0, 0.1) is 0 Å². The van der Waals surface area contributed by atoms with E-state index in [0.717, 1.165) is 0 Å². The van der Waals surface area contributed by atoms with Gasteiger partial charge in [-0.1, -0.05) is 0 Å². The van der Waals surface area contributed by atoms with Crippen LogP contribution in [-0.2, 0) is 6.54 Å². The number of aromatic nitrogens is 4. The maximum Gasteiger partial charge on any atom is 0.272 e. The Labute approximate surface area is 137 Å². The highest BCUT2D eigenvalue weighted by Gasteiger charge is 2.33. The Bertz CT molecular complexity index is 715. The molecule has 8 nitrogen and oxygen atoms in total. The Hall–Kier alpha value is -2.71. The summed E-state index contributed by atoms with van der Waals surface area (Å²) in [5.41, 5.74) is 0.311. The number of ether oxygens (including phenoxy) is 1. The maximum absolute atomic E-state index is 13.8. The highest BCUT2D eigenvalue weighted by atomic mass is 19.1. The third-order valence-electron chi connectivity index (χ3n) is 4.24. The molecule has 9 heteroatoms. The van der Waals surface area contributed by atoms with Crippen LogP contribution in [0.1, 0.15) is 16.9 Å². The molecule has 0 radical (unpaired) electrons. The number of nitrogens with one attached hydrogen (secondary N) is 1. The summed E-state index contributed by atoms with van der Waals surface area (Å²) in [7, 11) is 0. The molecule has 1 fully saturated rings. The minimum Gasteiger partial charge on any atom is -0.476 e. The van der Waals surface area contributed by atoms with Crippen LogP contribution in [0.2, 0.25) is 0 Å². The standard InChI is InChI=1S/C15H17FN6O2/c16-10-6-11(21(9-10)13-2-1-3-18-19-13)8-17-15(23)12-7-14-22(20-12)4-5-24-14/h1-3,7,10-11H,4-6,8-9H2,(H,17,23)/t10-,11-/m0/s1. The average molecular weight is 332 g/mol. The number of fused-ring (bicyclic) bond motifs is 1. The van der Waals surface area contributed by atoms with Crippen molar-refractivity contribution in [2.24, 2.45) is 0 Å². The number of carbonyl (C=O) groups excluding carboxylic acids is 1. The molecule has 4 rings (SSSR count). The van der Waals surface area contributed by atoms with Gasteiger partial charge in [0.25, 0.3) is 5.91 Å². The summed E-state index contributed by atoms with van der Waals surface area (Å²) in [6, 6.07) is 5.01. The molecule has 1 amide bonds. The van der Waals surface area contributed by atoms with Crippen LogP contribution in [0.15, 0.2) is 24.4 Å². The SMILES string of the molecule is O=C(NC[C@@H]1C[C@H](F)CN1c1cccnn1)c1cc2n(n1)CCO2. The van der Waals surface area contributed by atoms with Gasteiger partial charge in [0.15, 0.2) is 11.5 Å². The van der Waals surface area contributed by atoms with E-state index in [1.165, 1.54) is 0 Å². The monoisotopic (exact) mass is 332 g/mol. The van der Waals surface area contributed by atoms with E-state index < -0.39 is 6.17 Å². The van der Waals surface area contributed by atoms with Crippen molar-refractivity contribution in [2.45, 2.75) is 25.2 Å². The third kappa shape index (κ3) is 2.77. The molecule has 24 heavy (non-hydrogen) atoms. The van der Waals surface area contributed by atoms with Gasteiger partial charge >= 0.3 is 0 Å². The van der Waals surface area contributed by atoms with Crippen LogP contribution in [0.5, 0.6) is 5.88 Å². The van der Waals surface area contributed by atoms with E-state index >= 15 is 0 Å². The molecule has 0 aliphatic carbocycles. The van der Waals surface area contributed by atoms with Crippen LogP contribution in [0.25, 0.3) is 0 Å². The van der Waals surface area contributed by atoms with E-state index in [4.69, 9.17) is 4.74 Å². The second-order valence-electron chi connectivity index (χ2n) is 5.87. The lowest BCUT2D eigenvalue weighted by molar-refractivity contribution is 0.0944. The molecule has 2 aliphatic heterocycles. The molecule has 2 atom stereocenters. The normalized spacial score (nSPS) is 22.3. The zero-order chi connectivity index (χ0) is 16.5. The molecule has 0 saturated carbocycles. The van der Waals surface area contributed by atoms with Crippen LogP contribution in [0.3, 0.4) is 0 Å². The summed E-state index contributed by atoms with van der Waals surface area (Å²) >= 11 is 0. The molecular weight excluding hydrogens is 315 g/mol. The minimum absolute atomic E-state index is 0.161. The van der Waals surface area contributed by atoms with Crippen molar-refractivity contribution in [2.75, 3.05) is 24.6 Å². The Morgan fingerprint density at radius 2 is 2.42 bits per heavy atom. The van der Waals surface area contributed by atoms with Crippen LogP contribution in [0.4, 0.5) is 10.2 Å². The first-order chi connectivity index (χ1) is 11.7. The van der Waals surface area contributed by atoms with Gasteiger partial charge in [0.1, 0.15) is 12.8 Å². The number of amides is 1. The molecule has 126 valence electrons. The first-order valence-corrected chi connectivity index (χ1v) is 7.88. The number of halogens is 1. The van der Waals surface area contributed by atoms with Crippen molar-refractivity contribution in [3.8, 4) is 5.88 Å². The fraction of sp³-hybridized carbons (Fsp3) is 0.467. The zero-order valence-corrected chi connectivity index (χ0v) is 12.9. The predicted octanol–water partition coefficient (Wildman–Crippen LogP) is 0.412. The summed E-state index contributed by atoms with van der Waals surface area (Å²) < 4.78 is 20.8. The maximum atomic E-state index is 13.8. The number of hydrogen-bond donors (Lipinski definition) is 1. The van der Waals surface area contributed by atoms with Gasteiger partial charge in [0.2, 0.25) is 5.88 Å². The van der Waals surface area contributed by atoms with Gasteiger partial charge < -0.3 is 15.0 Å². The topological polar surface area (TPSA) is 85.2 Å². The third-order valence-corrected chi connectivity index (χ3v) is 4.24. The first kappa shape index (κ1) is 14.9. The smallest absolute Gasteiger partial charge is 0.272 e. The lowest BCUT2D eigenvalue weighted by Crippen LogP contribution is -2.40. The molecule has 2 aromatic rings. The van der Waals surface area contributed by atoms with E-state index in [0.29, 0.717) is 43.5 Å². The van der Waals surface area contributed by atoms with Crippen molar-refractivity contribution >= 4 is 11.7 Å². The summed E-state index contributed by atoms with van der Waals surface area (Å²) in [5, 5.41) is 14.9. The minimum atomic E-state index is -0.946. The van der Waals surface area contributed by atoms with Crippen molar-refractivity contribution < 1.29 is 13.9 Å². The summed E-state index contributed by atoms with van der Waals surface area (Å²) in [5.74, 6) is 0.930. The largest absolute Gasteiger partial charge is 0.476 e. The van der Waals surface area contributed by atoms with E-state index in [9.17, 15) is 9.18 Å². The van der Waals surface area contributed by atoms with Crippen molar-refractivity contribution in [1.29, 1.82) is 0 Å². The van der Waals surface area contributed by atoms with Crippen molar-refractivity contribution in [3.05, 3.63) is 30.1 Å². The summed E-state index contributed by atoms with van der Waals surface area (Å²) in [6.07, 6.45) is 0.974. The van der Waals surface area contributed by atoms with Gasteiger partial charge in [-0.05, 0) is 12.1 Å². The van der Waals surface area contributed by atoms with Crippen molar-refractivity contribution in [1.82, 2.24) is 25.3 Å². The van der Waals surface area contributed by atoms with E-state index in [1.807, 2.05) is 4.90 Å². The number of alkyl halides is 1. The quantitative estimate of drug-likeness (QED) is 0.873. The Morgan fingerprint density at radius 3 is 3.21 bits per heavy atom. The van der Waals surface area contributed by atoms with E-state index in [-0.39, 0.29) is 18.5 Å². The molecule has 2 aliphatic rings. The number of carbonyl (C=O) groups is 1. The van der Waals surface area contributed by atoms with Crippen LogP contribution in [-0.4, -0.2) is 57.8 Å². The zero-order valence-electron chi connectivity index (χ0n) is 12.9. The summed E-state index contributed by atoms with van der Waals surface area (Å²) in [4.78, 5) is 14.1.